The molecule has 140 valence electrons. The molecule has 0 unspecified atom stereocenters. The lowest BCUT2D eigenvalue weighted by Gasteiger charge is -2.20. The van der Waals surface area contributed by atoms with Crippen molar-refractivity contribution in [2.24, 2.45) is 0 Å². The van der Waals surface area contributed by atoms with E-state index in [1.807, 2.05) is 12.1 Å². The Labute approximate surface area is 172 Å². The first-order valence-corrected chi connectivity index (χ1v) is 10.4. The Kier molecular flexibility index (Phi) is 5.52. The number of aromatic nitrogens is 1. The van der Waals surface area contributed by atoms with Gasteiger partial charge >= 0.3 is 0 Å². The summed E-state index contributed by atoms with van der Waals surface area (Å²) in [4.78, 5) is 17.3. The molecule has 0 amide bonds. The number of furan rings is 1. The molecule has 0 saturated heterocycles. The lowest BCUT2D eigenvalue weighted by molar-refractivity contribution is 0.102. The summed E-state index contributed by atoms with van der Waals surface area (Å²) in [7, 11) is 0. The van der Waals surface area contributed by atoms with Gasteiger partial charge in [0.15, 0.2) is 5.78 Å². The fourth-order valence-electron chi connectivity index (χ4n) is 3.47. The van der Waals surface area contributed by atoms with Gasteiger partial charge in [0.05, 0.1) is 17.6 Å². The smallest absolute Gasteiger partial charge is 0.173 e. The molecule has 28 heavy (non-hydrogen) atoms. The quantitative estimate of drug-likeness (QED) is 0.399. The molecule has 0 atom stereocenters. The topological polar surface area (TPSA) is 66.9 Å². The van der Waals surface area contributed by atoms with Gasteiger partial charge in [-0.25, -0.2) is 4.98 Å². The molecule has 2 aromatic heterocycles. The lowest BCUT2D eigenvalue weighted by Crippen LogP contribution is -2.11. The van der Waals surface area contributed by atoms with Crippen molar-refractivity contribution in [1.29, 1.82) is 5.26 Å². The molecule has 1 aromatic carbocycles. The van der Waals surface area contributed by atoms with Crippen LogP contribution in [0.2, 0.25) is 5.02 Å². The molecular formula is C22H17ClN2O2S. The number of carbonyl (C=O) groups excluding carboxylic acids is 1. The Morgan fingerprint density at radius 3 is 2.71 bits per heavy atom. The van der Waals surface area contributed by atoms with Crippen molar-refractivity contribution in [3.63, 3.8) is 0 Å². The van der Waals surface area contributed by atoms with E-state index in [0.29, 0.717) is 26.9 Å². The fraction of sp³-hybridized carbons (Fsp3) is 0.227. The predicted octanol–water partition coefficient (Wildman–Crippen LogP) is 5.72. The third-order valence-corrected chi connectivity index (χ3v) is 6.05. The van der Waals surface area contributed by atoms with E-state index in [1.54, 1.807) is 30.5 Å². The van der Waals surface area contributed by atoms with E-state index in [1.165, 1.54) is 11.8 Å². The van der Waals surface area contributed by atoms with Gasteiger partial charge in [-0.2, -0.15) is 5.26 Å². The molecule has 0 saturated carbocycles. The second-order valence-electron chi connectivity index (χ2n) is 6.61. The summed E-state index contributed by atoms with van der Waals surface area (Å²) in [6.45, 7) is 0. The minimum Gasteiger partial charge on any atom is -0.464 e. The number of hydrogen-bond acceptors (Lipinski definition) is 5. The molecule has 0 aliphatic heterocycles. The van der Waals surface area contributed by atoms with Crippen molar-refractivity contribution in [2.45, 2.75) is 30.7 Å². The van der Waals surface area contributed by atoms with Crippen LogP contribution in [0.1, 0.15) is 40.0 Å². The fourth-order valence-corrected chi connectivity index (χ4v) is 4.50. The van der Waals surface area contributed by atoms with Gasteiger partial charge in [-0.3, -0.25) is 4.79 Å². The molecule has 0 fully saturated rings. The van der Waals surface area contributed by atoms with Crippen LogP contribution >= 0.6 is 23.4 Å². The summed E-state index contributed by atoms with van der Waals surface area (Å²) in [6.07, 6.45) is 5.55. The standard InChI is InChI=1S/C22H17ClN2O2S/c23-15-9-7-14(8-10-15)19(26)13-28-22-17(12-24)21(20-6-3-11-27-20)16-4-1-2-5-18(16)25-22/h3,6-11H,1-2,4-5,13H2. The summed E-state index contributed by atoms with van der Waals surface area (Å²) in [5, 5.41) is 11.1. The summed E-state index contributed by atoms with van der Waals surface area (Å²) in [5.41, 5.74) is 4.03. The summed E-state index contributed by atoms with van der Waals surface area (Å²) < 4.78 is 5.62. The van der Waals surface area contributed by atoms with Crippen LogP contribution in [-0.2, 0) is 12.8 Å². The van der Waals surface area contributed by atoms with Gasteiger partial charge in [0, 0.05) is 21.8 Å². The van der Waals surface area contributed by atoms with Crippen molar-refractivity contribution in [1.82, 2.24) is 4.98 Å². The van der Waals surface area contributed by atoms with Gasteiger partial charge in [0.25, 0.3) is 0 Å². The Morgan fingerprint density at radius 1 is 1.21 bits per heavy atom. The zero-order valence-corrected chi connectivity index (χ0v) is 16.6. The van der Waals surface area contributed by atoms with Gasteiger partial charge < -0.3 is 4.42 Å². The highest BCUT2D eigenvalue weighted by atomic mass is 35.5. The first-order valence-electron chi connectivity index (χ1n) is 9.08. The van der Waals surface area contributed by atoms with Crippen LogP contribution in [-0.4, -0.2) is 16.5 Å². The molecular weight excluding hydrogens is 392 g/mol. The van der Waals surface area contributed by atoms with Crippen molar-refractivity contribution >= 4 is 29.1 Å². The van der Waals surface area contributed by atoms with Gasteiger partial charge in [0.1, 0.15) is 16.9 Å². The third-order valence-electron chi connectivity index (χ3n) is 4.83. The second-order valence-corrected chi connectivity index (χ2v) is 8.01. The number of ketones is 1. The molecule has 4 rings (SSSR count). The van der Waals surface area contributed by atoms with Crippen LogP contribution in [0.3, 0.4) is 0 Å². The van der Waals surface area contributed by atoms with E-state index in [2.05, 4.69) is 6.07 Å². The van der Waals surface area contributed by atoms with Crippen LogP contribution in [0.5, 0.6) is 0 Å². The number of hydrogen-bond donors (Lipinski definition) is 0. The second kappa shape index (κ2) is 8.22. The van der Waals surface area contributed by atoms with Gasteiger partial charge in [-0.1, -0.05) is 23.4 Å². The first-order chi connectivity index (χ1) is 13.7. The number of rotatable bonds is 5. The van der Waals surface area contributed by atoms with E-state index in [9.17, 15) is 10.1 Å². The molecule has 0 N–H and O–H groups in total. The van der Waals surface area contributed by atoms with Crippen LogP contribution in [0.4, 0.5) is 0 Å². The summed E-state index contributed by atoms with van der Waals surface area (Å²) in [6, 6.07) is 12.8. The van der Waals surface area contributed by atoms with Crippen molar-refractivity contribution < 1.29 is 9.21 Å². The average molecular weight is 409 g/mol. The average Bonchev–Trinajstić information content (AvgIpc) is 3.25. The number of aryl methyl sites for hydroxylation is 1. The van der Waals surface area contributed by atoms with E-state index in [-0.39, 0.29) is 11.5 Å². The van der Waals surface area contributed by atoms with Gasteiger partial charge in [-0.15, -0.1) is 0 Å². The molecule has 4 nitrogen and oxygen atoms in total. The van der Waals surface area contributed by atoms with Crippen LogP contribution in [0, 0.1) is 11.3 Å². The molecule has 2 heterocycles. The number of pyridine rings is 1. The summed E-state index contributed by atoms with van der Waals surface area (Å²) in [5.74, 6) is 0.868. The van der Waals surface area contributed by atoms with Crippen molar-refractivity contribution in [2.75, 3.05) is 5.75 Å². The monoisotopic (exact) mass is 408 g/mol. The summed E-state index contributed by atoms with van der Waals surface area (Å²) >= 11 is 7.20. The first kappa shape index (κ1) is 18.8. The van der Waals surface area contributed by atoms with Crippen molar-refractivity contribution in [3.05, 3.63) is 70.1 Å². The molecule has 1 aliphatic carbocycles. The van der Waals surface area contributed by atoms with Crippen molar-refractivity contribution in [3.8, 4) is 17.4 Å². The Bertz CT molecular complexity index is 1050. The minimum absolute atomic E-state index is 0.0235. The third kappa shape index (κ3) is 3.71. The number of nitriles is 1. The van der Waals surface area contributed by atoms with E-state index >= 15 is 0 Å². The minimum atomic E-state index is -0.0235. The molecule has 1 aliphatic rings. The predicted molar refractivity (Wildman–Crippen MR) is 110 cm³/mol. The number of thioether (sulfide) groups is 1. The number of benzene rings is 1. The molecule has 0 radical (unpaired) electrons. The maximum absolute atomic E-state index is 12.5. The highest BCUT2D eigenvalue weighted by Crippen LogP contribution is 2.38. The van der Waals surface area contributed by atoms with E-state index in [4.69, 9.17) is 21.0 Å². The SMILES string of the molecule is N#Cc1c(SCC(=O)c2ccc(Cl)cc2)nc2c(c1-c1ccco1)CCCC2. The Morgan fingerprint density at radius 2 is 2.00 bits per heavy atom. The van der Waals surface area contributed by atoms with Crippen LogP contribution in [0.25, 0.3) is 11.3 Å². The highest BCUT2D eigenvalue weighted by Gasteiger charge is 2.25. The largest absolute Gasteiger partial charge is 0.464 e. The van der Waals surface area contributed by atoms with Crippen LogP contribution < -0.4 is 0 Å². The van der Waals surface area contributed by atoms with E-state index < -0.39 is 0 Å². The number of nitrogens with zero attached hydrogens (tertiary/aromatic N) is 2. The Balaban J connectivity index is 1.69. The maximum Gasteiger partial charge on any atom is 0.173 e. The zero-order valence-electron chi connectivity index (χ0n) is 15.1. The maximum atomic E-state index is 12.5. The molecule has 0 bridgehead atoms. The van der Waals surface area contributed by atoms with E-state index in [0.717, 1.165) is 42.5 Å². The number of Topliss-reactive ketones (excluding diaryl/α,β-unsaturated/α-hetero) is 1. The number of halogens is 1. The zero-order chi connectivity index (χ0) is 19.5. The number of carbonyl (C=O) groups is 1. The van der Waals surface area contributed by atoms with Crippen LogP contribution in [0.15, 0.2) is 52.1 Å². The van der Waals surface area contributed by atoms with Gasteiger partial charge in [0.2, 0.25) is 0 Å². The lowest BCUT2D eigenvalue weighted by atomic mass is 9.89. The molecule has 3 aromatic rings. The molecule has 6 heteroatoms. The Hall–Kier alpha value is -2.55. The van der Waals surface area contributed by atoms with Gasteiger partial charge in [-0.05, 0) is 67.6 Å². The number of fused-ring (bicyclic) bond motifs is 1. The highest BCUT2D eigenvalue weighted by molar-refractivity contribution is 8.00. The molecule has 0 spiro atoms. The normalized spacial score (nSPS) is 13.0.